The number of pyridine rings is 2. The molecular formula is C19H26Cl2N4O. The molecule has 1 aliphatic heterocycles. The number of nitrogens with one attached hydrogen (secondary N) is 1. The van der Waals surface area contributed by atoms with Gasteiger partial charge >= 0.3 is 0 Å². The Morgan fingerprint density at radius 3 is 2.58 bits per heavy atom. The number of rotatable bonds is 7. The van der Waals surface area contributed by atoms with E-state index in [-0.39, 0.29) is 30.7 Å². The van der Waals surface area contributed by atoms with Crippen molar-refractivity contribution >= 4 is 30.7 Å². The number of aromatic nitrogens is 2. The summed E-state index contributed by atoms with van der Waals surface area (Å²) in [7, 11) is 0. The van der Waals surface area contributed by atoms with Crippen molar-refractivity contribution < 1.29 is 4.79 Å². The van der Waals surface area contributed by atoms with E-state index in [4.69, 9.17) is 0 Å². The summed E-state index contributed by atoms with van der Waals surface area (Å²) in [6.07, 6.45) is 9.59. The summed E-state index contributed by atoms with van der Waals surface area (Å²) in [4.78, 5) is 23.0. The lowest BCUT2D eigenvalue weighted by Crippen LogP contribution is -2.35. The van der Waals surface area contributed by atoms with Gasteiger partial charge in [-0.2, -0.15) is 0 Å². The number of carbonyl (C=O) groups excluding carboxylic acids is 1. The molecule has 3 heterocycles. The molecule has 0 radical (unpaired) electrons. The normalized spacial score (nSPS) is 15.6. The van der Waals surface area contributed by atoms with E-state index >= 15 is 0 Å². The van der Waals surface area contributed by atoms with E-state index in [0.29, 0.717) is 18.9 Å². The minimum Gasteiger partial charge on any atom is -0.338 e. The highest BCUT2D eigenvalue weighted by atomic mass is 35.5. The van der Waals surface area contributed by atoms with E-state index in [2.05, 4.69) is 15.3 Å². The van der Waals surface area contributed by atoms with Crippen LogP contribution in [0.5, 0.6) is 0 Å². The monoisotopic (exact) mass is 396 g/mol. The van der Waals surface area contributed by atoms with Crippen molar-refractivity contribution in [3.63, 3.8) is 0 Å². The molecule has 1 unspecified atom stereocenters. The fourth-order valence-corrected chi connectivity index (χ4v) is 3.11. The van der Waals surface area contributed by atoms with Crippen LogP contribution in [0.2, 0.25) is 0 Å². The van der Waals surface area contributed by atoms with Gasteiger partial charge in [-0.3, -0.25) is 14.8 Å². The molecule has 1 amide bonds. The predicted octanol–water partition coefficient (Wildman–Crippen LogP) is 2.89. The highest BCUT2D eigenvalue weighted by Crippen LogP contribution is 2.14. The van der Waals surface area contributed by atoms with Crippen LogP contribution in [0.3, 0.4) is 0 Å². The third-order valence-corrected chi connectivity index (χ3v) is 4.47. The third kappa shape index (κ3) is 6.90. The minimum absolute atomic E-state index is 0. The Hall–Kier alpha value is -1.69. The number of hydrogen-bond acceptors (Lipinski definition) is 4. The lowest BCUT2D eigenvalue weighted by Gasteiger charge is -2.25. The van der Waals surface area contributed by atoms with Gasteiger partial charge in [-0.15, -0.1) is 24.8 Å². The van der Waals surface area contributed by atoms with Gasteiger partial charge in [0.05, 0.1) is 0 Å². The maximum Gasteiger partial charge on any atom is 0.223 e. The molecule has 3 rings (SSSR count). The van der Waals surface area contributed by atoms with Crippen molar-refractivity contribution in [2.75, 3.05) is 19.6 Å². The van der Waals surface area contributed by atoms with E-state index in [1.54, 1.807) is 18.6 Å². The second-order valence-electron chi connectivity index (χ2n) is 6.35. The molecule has 1 atom stereocenters. The second-order valence-corrected chi connectivity index (χ2v) is 6.35. The summed E-state index contributed by atoms with van der Waals surface area (Å²) >= 11 is 0. The Balaban J connectivity index is 0.00000169. The van der Waals surface area contributed by atoms with Gasteiger partial charge in [0, 0.05) is 44.3 Å². The summed E-state index contributed by atoms with van der Waals surface area (Å²) in [5.41, 5.74) is 2.24. The van der Waals surface area contributed by atoms with Crippen LogP contribution < -0.4 is 5.32 Å². The van der Waals surface area contributed by atoms with Gasteiger partial charge in [0.15, 0.2) is 0 Å². The molecule has 26 heavy (non-hydrogen) atoms. The quantitative estimate of drug-likeness (QED) is 0.781. The van der Waals surface area contributed by atoms with Gasteiger partial charge in [0.1, 0.15) is 0 Å². The van der Waals surface area contributed by atoms with Crippen molar-refractivity contribution in [3.8, 4) is 0 Å². The number of carbonyl (C=O) groups is 1. The molecule has 1 saturated heterocycles. The highest BCUT2D eigenvalue weighted by Gasteiger charge is 2.21. The Morgan fingerprint density at radius 1 is 1.12 bits per heavy atom. The Labute approximate surface area is 167 Å². The number of aryl methyl sites for hydroxylation is 1. The van der Waals surface area contributed by atoms with E-state index in [1.165, 1.54) is 0 Å². The number of nitrogens with zero attached hydrogens (tertiary/aromatic N) is 3. The van der Waals surface area contributed by atoms with Crippen LogP contribution in [-0.4, -0.2) is 40.4 Å². The molecule has 0 bridgehead atoms. The van der Waals surface area contributed by atoms with Gasteiger partial charge in [-0.05, 0) is 61.2 Å². The molecule has 1 N–H and O–H groups in total. The Morgan fingerprint density at radius 2 is 1.92 bits per heavy atom. The number of hydrogen-bond donors (Lipinski definition) is 1. The largest absolute Gasteiger partial charge is 0.338 e. The number of halogens is 2. The maximum atomic E-state index is 12.8. The van der Waals surface area contributed by atoms with Crippen LogP contribution in [0.4, 0.5) is 0 Å². The van der Waals surface area contributed by atoms with Crippen LogP contribution in [0.15, 0.2) is 49.1 Å². The minimum atomic E-state index is 0. The first-order valence-electron chi connectivity index (χ1n) is 8.57. The standard InChI is InChI=1S/C19H24N4O.2ClH/c24-19(4-3-16-5-9-20-10-6-16)23(15-18-7-11-22-13-18)14-17-2-1-8-21-12-17;;/h1-2,5-6,8-10,12,18,22H,3-4,7,11,13-15H2;2*1H. The molecule has 0 aliphatic carbocycles. The zero-order chi connectivity index (χ0) is 16.6. The first kappa shape index (κ1) is 22.4. The van der Waals surface area contributed by atoms with Crippen molar-refractivity contribution in [2.24, 2.45) is 5.92 Å². The van der Waals surface area contributed by atoms with Gasteiger partial charge in [-0.1, -0.05) is 6.07 Å². The van der Waals surface area contributed by atoms with Gasteiger partial charge in [0.25, 0.3) is 0 Å². The van der Waals surface area contributed by atoms with Gasteiger partial charge in [-0.25, -0.2) is 0 Å². The lowest BCUT2D eigenvalue weighted by atomic mass is 10.1. The molecule has 142 valence electrons. The lowest BCUT2D eigenvalue weighted by molar-refractivity contribution is -0.132. The Bertz CT molecular complexity index is 637. The summed E-state index contributed by atoms with van der Waals surface area (Å²) in [5, 5.41) is 3.38. The molecule has 0 spiro atoms. The molecule has 7 heteroatoms. The van der Waals surface area contributed by atoms with Crippen LogP contribution in [0.25, 0.3) is 0 Å². The summed E-state index contributed by atoms with van der Waals surface area (Å²) in [6.45, 7) is 3.51. The molecule has 5 nitrogen and oxygen atoms in total. The predicted molar refractivity (Wildman–Crippen MR) is 108 cm³/mol. The third-order valence-electron chi connectivity index (χ3n) is 4.47. The molecule has 0 saturated carbocycles. The highest BCUT2D eigenvalue weighted by molar-refractivity contribution is 5.85. The summed E-state index contributed by atoms with van der Waals surface area (Å²) in [5.74, 6) is 0.758. The average Bonchev–Trinajstić information content (AvgIpc) is 3.14. The van der Waals surface area contributed by atoms with Gasteiger partial charge < -0.3 is 10.2 Å². The second kappa shape index (κ2) is 11.8. The van der Waals surface area contributed by atoms with E-state index in [9.17, 15) is 4.79 Å². The fraction of sp³-hybridized carbons (Fsp3) is 0.421. The molecular weight excluding hydrogens is 371 g/mol. The molecule has 2 aromatic rings. The van der Waals surface area contributed by atoms with Crippen molar-refractivity contribution in [1.29, 1.82) is 0 Å². The molecule has 2 aromatic heterocycles. The van der Waals surface area contributed by atoms with Crippen LogP contribution in [-0.2, 0) is 17.8 Å². The zero-order valence-electron chi connectivity index (χ0n) is 14.7. The molecule has 1 aliphatic rings. The first-order chi connectivity index (χ1) is 11.8. The Kier molecular flexibility index (Phi) is 10.2. The smallest absolute Gasteiger partial charge is 0.223 e. The van der Waals surface area contributed by atoms with Crippen molar-refractivity contribution in [2.45, 2.75) is 25.8 Å². The van der Waals surface area contributed by atoms with E-state index in [1.807, 2.05) is 35.4 Å². The summed E-state index contributed by atoms with van der Waals surface area (Å²) < 4.78 is 0. The maximum absolute atomic E-state index is 12.8. The molecule has 1 fully saturated rings. The number of amides is 1. The van der Waals surface area contributed by atoms with Crippen LogP contribution >= 0.6 is 24.8 Å². The van der Waals surface area contributed by atoms with Crippen molar-refractivity contribution in [1.82, 2.24) is 20.2 Å². The SMILES string of the molecule is Cl.Cl.O=C(CCc1ccncc1)N(Cc1cccnc1)CC1CCNC1. The van der Waals surface area contributed by atoms with E-state index in [0.717, 1.165) is 43.6 Å². The zero-order valence-corrected chi connectivity index (χ0v) is 16.3. The average molecular weight is 397 g/mol. The summed E-state index contributed by atoms with van der Waals surface area (Å²) in [6, 6.07) is 7.90. The van der Waals surface area contributed by atoms with Gasteiger partial charge in [0.2, 0.25) is 5.91 Å². The molecule has 0 aromatic carbocycles. The van der Waals surface area contributed by atoms with Crippen molar-refractivity contribution in [3.05, 3.63) is 60.2 Å². The van der Waals surface area contributed by atoms with Crippen LogP contribution in [0.1, 0.15) is 24.0 Å². The van der Waals surface area contributed by atoms with Crippen LogP contribution in [0, 0.1) is 5.92 Å². The fourth-order valence-electron chi connectivity index (χ4n) is 3.11. The van der Waals surface area contributed by atoms with E-state index < -0.39 is 0 Å². The first-order valence-corrected chi connectivity index (χ1v) is 8.57. The topological polar surface area (TPSA) is 58.1 Å².